The van der Waals surface area contributed by atoms with Crippen molar-refractivity contribution in [2.45, 2.75) is 85.5 Å². The molecule has 0 spiro atoms. The molecule has 378 valence electrons. The zero-order chi connectivity index (χ0) is 53.4. The van der Waals surface area contributed by atoms with Crippen LogP contribution in [-0.4, -0.2) is 29.1 Å². The highest BCUT2D eigenvalue weighted by molar-refractivity contribution is 6.10. The average molecular weight is 1000 g/mol. The molecule has 0 aliphatic carbocycles. The van der Waals surface area contributed by atoms with Crippen molar-refractivity contribution < 1.29 is 4.57 Å². The molecule has 77 heavy (non-hydrogen) atoms. The molecule has 0 aliphatic heterocycles. The summed E-state index contributed by atoms with van der Waals surface area (Å²) in [6, 6.07) is 69.1. The summed E-state index contributed by atoms with van der Waals surface area (Å²) in [5, 5.41) is 2.29. The quantitative estimate of drug-likeness (QED) is 0.112. The van der Waals surface area contributed by atoms with Crippen LogP contribution in [0.25, 0.3) is 106 Å². The summed E-state index contributed by atoms with van der Waals surface area (Å²) in [6.45, 7) is 22.8. The lowest BCUT2D eigenvalue weighted by molar-refractivity contribution is -0.572. The van der Waals surface area contributed by atoms with Crippen molar-refractivity contribution in [2.75, 3.05) is 0 Å². The van der Waals surface area contributed by atoms with Gasteiger partial charge < -0.3 is 0 Å². The first-order valence-corrected chi connectivity index (χ1v) is 26.7. The first kappa shape index (κ1) is 49.1. The van der Waals surface area contributed by atoms with Gasteiger partial charge in [-0.3, -0.25) is 13.7 Å². The Morgan fingerprint density at radius 3 is 1.61 bits per heavy atom. The van der Waals surface area contributed by atoms with E-state index in [0.717, 1.165) is 94.5 Å². The van der Waals surface area contributed by atoms with Gasteiger partial charge in [-0.15, -0.1) is 0 Å². The van der Waals surface area contributed by atoms with Crippen LogP contribution in [0.1, 0.15) is 84.6 Å². The van der Waals surface area contributed by atoms with Crippen LogP contribution in [-0.2, 0) is 16.2 Å². The Hall–Kier alpha value is -8.81. The maximum Gasteiger partial charge on any atom is 0.269 e. The minimum absolute atomic E-state index is 0.0844. The second-order valence-corrected chi connectivity index (χ2v) is 23.5. The van der Waals surface area contributed by atoms with Crippen molar-refractivity contribution in [1.29, 1.82) is 0 Å². The molecule has 8 aromatic carbocycles. The van der Waals surface area contributed by atoms with Gasteiger partial charge in [0, 0.05) is 33.7 Å². The van der Waals surface area contributed by atoms with Crippen LogP contribution in [0.4, 0.5) is 0 Å². The zero-order valence-electron chi connectivity index (χ0n) is 45.7. The van der Waals surface area contributed by atoms with E-state index in [1.165, 1.54) is 16.7 Å². The maximum atomic E-state index is 5.59. The Kier molecular flexibility index (Phi) is 12.0. The summed E-state index contributed by atoms with van der Waals surface area (Å²) >= 11 is 0. The molecule has 0 amide bonds. The second-order valence-electron chi connectivity index (χ2n) is 23.5. The van der Waals surface area contributed by atoms with E-state index in [1.807, 2.05) is 12.3 Å². The maximum absolute atomic E-state index is 5.59. The number of hydrogen-bond acceptors (Lipinski definition) is 4. The molecule has 12 rings (SSSR count). The minimum atomic E-state index is -0.246. The molecule has 0 fully saturated rings. The number of aromatic nitrogens is 7. The lowest BCUT2D eigenvalue weighted by Crippen LogP contribution is -2.29. The Bertz CT molecular complexity index is 4120. The summed E-state index contributed by atoms with van der Waals surface area (Å²) in [5.41, 5.74) is 17.7. The van der Waals surface area contributed by atoms with E-state index < -0.39 is 0 Å². The van der Waals surface area contributed by atoms with E-state index in [0.29, 0.717) is 17.5 Å². The number of hydrogen-bond donors (Lipinski definition) is 0. The molecular formula is C70H63N7. The first-order valence-electron chi connectivity index (χ1n) is 26.7. The minimum Gasteiger partial charge on any atom is -0.294 e. The van der Waals surface area contributed by atoms with Crippen molar-refractivity contribution in [3.05, 3.63) is 229 Å². The summed E-state index contributed by atoms with van der Waals surface area (Å²) < 4.78 is 6.67. The monoisotopic (exact) mass is 1000 g/mol. The fourth-order valence-corrected chi connectivity index (χ4v) is 10.9. The highest BCUT2D eigenvalue weighted by Gasteiger charge is 2.32. The number of pyridine rings is 1. The molecule has 0 bridgehead atoms. The van der Waals surface area contributed by atoms with Crippen molar-refractivity contribution in [1.82, 2.24) is 29.1 Å². The molecule has 0 N–H and O–H groups in total. The van der Waals surface area contributed by atoms with Gasteiger partial charge in [-0.25, -0.2) is 19.9 Å². The van der Waals surface area contributed by atoms with E-state index in [9.17, 15) is 0 Å². The normalized spacial score (nSPS) is 12.3. The largest absolute Gasteiger partial charge is 0.294 e. The van der Waals surface area contributed by atoms with E-state index in [1.54, 1.807) is 0 Å². The Balaban J connectivity index is 1.10. The van der Waals surface area contributed by atoms with E-state index in [-0.39, 0.29) is 16.2 Å². The lowest BCUT2D eigenvalue weighted by atomic mass is 9.72. The molecular weight excluding hydrogens is 939 g/mol. The third-order valence-corrected chi connectivity index (χ3v) is 14.9. The molecule has 4 heterocycles. The molecule has 0 atom stereocenters. The molecule has 12 aromatic rings. The zero-order valence-corrected chi connectivity index (χ0v) is 45.7. The molecule has 0 saturated heterocycles. The topological polar surface area (TPSA) is 65.3 Å². The SMILES string of the molecule is Cc1ccnc(-n2c3ccccc3c3ccc(-c4nc(-c5cccc(-[n+]6[c-]n(-c7c(-c8ccccc8)cccc7-c7ccccc7)c7ccccc76)c5)nc(-c5c(C(C)(C)C)cc(C(C)(C)C)cc5C(C)(C)C)n4)cc32)c1. The number of benzene rings is 8. The van der Waals surface area contributed by atoms with Gasteiger partial charge in [-0.05, 0) is 104 Å². The highest BCUT2D eigenvalue weighted by atomic mass is 15.1. The van der Waals surface area contributed by atoms with Gasteiger partial charge in [0.05, 0.1) is 33.4 Å². The standard InChI is InChI=1S/C70H63N7/c1-45-37-38-71-62(39-45)77-58-32-18-17-29-54(58)55-36-35-49(41-61(55)77)66-72-65(73-67(74-66)63-56(69(5,6)7)42-50(68(2,3)4)43-57(63)70(8,9)10)48-27-21-28-51(40-48)75-44-76(60-34-20-19-33-59(60)75)64-52(46-23-13-11-14-24-46)30-22-31-53(64)47-25-15-12-16-26-47/h11-43H,1-10H3. The molecule has 7 heteroatoms. The van der Waals surface area contributed by atoms with E-state index in [4.69, 9.17) is 19.9 Å². The van der Waals surface area contributed by atoms with Crippen LogP contribution in [0.2, 0.25) is 0 Å². The van der Waals surface area contributed by atoms with Crippen molar-refractivity contribution in [3.63, 3.8) is 0 Å². The van der Waals surface area contributed by atoms with Crippen LogP contribution in [0.3, 0.4) is 0 Å². The molecule has 0 radical (unpaired) electrons. The summed E-state index contributed by atoms with van der Waals surface area (Å²) in [6.07, 6.45) is 5.77. The van der Waals surface area contributed by atoms with Crippen LogP contribution >= 0.6 is 0 Å². The van der Waals surface area contributed by atoms with Crippen LogP contribution < -0.4 is 4.57 Å². The third kappa shape index (κ3) is 8.99. The molecule has 4 aromatic heterocycles. The predicted octanol–water partition coefficient (Wildman–Crippen LogP) is 16.9. The number of rotatable bonds is 8. The molecule has 0 saturated carbocycles. The van der Waals surface area contributed by atoms with Gasteiger partial charge in [0.1, 0.15) is 5.82 Å². The van der Waals surface area contributed by atoms with Gasteiger partial charge >= 0.3 is 0 Å². The van der Waals surface area contributed by atoms with Crippen molar-refractivity contribution in [2.24, 2.45) is 0 Å². The van der Waals surface area contributed by atoms with Crippen LogP contribution in [0.5, 0.6) is 0 Å². The fourth-order valence-electron chi connectivity index (χ4n) is 10.9. The number of imidazole rings is 1. The summed E-state index contributed by atoms with van der Waals surface area (Å²) in [4.78, 5) is 21.6. The van der Waals surface area contributed by atoms with Gasteiger partial charge in [-0.2, -0.15) is 0 Å². The average Bonchev–Trinajstić information content (AvgIpc) is 4.00. The van der Waals surface area contributed by atoms with Gasteiger partial charge in [-0.1, -0.05) is 220 Å². The Morgan fingerprint density at radius 1 is 0.442 bits per heavy atom. The van der Waals surface area contributed by atoms with Gasteiger partial charge in [0.25, 0.3) is 6.33 Å². The van der Waals surface area contributed by atoms with Crippen molar-refractivity contribution >= 4 is 32.8 Å². The van der Waals surface area contributed by atoms with Crippen LogP contribution in [0, 0.1) is 13.3 Å². The number of fused-ring (bicyclic) bond motifs is 4. The lowest BCUT2D eigenvalue weighted by Gasteiger charge is -2.33. The third-order valence-electron chi connectivity index (χ3n) is 14.9. The van der Waals surface area contributed by atoms with Crippen LogP contribution in [0.15, 0.2) is 200 Å². The summed E-state index contributed by atoms with van der Waals surface area (Å²) in [7, 11) is 0. The van der Waals surface area contributed by atoms with Gasteiger partial charge in [0.2, 0.25) is 0 Å². The number of nitrogens with zero attached hydrogens (tertiary/aromatic N) is 7. The Labute approximate surface area is 452 Å². The Morgan fingerprint density at radius 2 is 0.987 bits per heavy atom. The van der Waals surface area contributed by atoms with E-state index in [2.05, 4.69) is 277 Å². The van der Waals surface area contributed by atoms with E-state index >= 15 is 0 Å². The number of aryl methyl sites for hydroxylation is 1. The number of para-hydroxylation sites is 4. The first-order chi connectivity index (χ1) is 37.0. The second kappa shape index (κ2) is 18.8. The van der Waals surface area contributed by atoms with Gasteiger partial charge in [0.15, 0.2) is 17.5 Å². The van der Waals surface area contributed by atoms with Crippen molar-refractivity contribution in [3.8, 4) is 73.6 Å². The molecule has 7 nitrogen and oxygen atoms in total. The smallest absolute Gasteiger partial charge is 0.269 e. The fraction of sp³-hybridized carbons (Fsp3) is 0.186. The molecule has 0 aliphatic rings. The predicted molar refractivity (Wildman–Crippen MR) is 317 cm³/mol. The summed E-state index contributed by atoms with van der Waals surface area (Å²) in [5.74, 6) is 2.68. The molecule has 0 unspecified atom stereocenters. The highest BCUT2D eigenvalue weighted by Crippen LogP contribution is 2.44.